The van der Waals surface area contributed by atoms with Crippen LogP contribution in [0.2, 0.25) is 0 Å². The van der Waals surface area contributed by atoms with E-state index >= 15 is 0 Å². The van der Waals surface area contributed by atoms with E-state index in [9.17, 15) is 9.90 Å². The molecule has 0 aromatic heterocycles. The second kappa shape index (κ2) is 8.28. The van der Waals surface area contributed by atoms with E-state index in [4.69, 9.17) is 0 Å². The van der Waals surface area contributed by atoms with E-state index in [0.717, 1.165) is 31.5 Å². The highest BCUT2D eigenvalue weighted by atomic mass is 16.3. The molecule has 4 heteroatoms. The number of aliphatic hydroxyl groups is 1. The van der Waals surface area contributed by atoms with Crippen molar-refractivity contribution in [3.05, 3.63) is 60.2 Å². The smallest absolute Gasteiger partial charge is 0.234 e. The Morgan fingerprint density at radius 2 is 1.68 bits per heavy atom. The number of nitrogens with one attached hydrogen (secondary N) is 1. The van der Waals surface area contributed by atoms with E-state index in [-0.39, 0.29) is 18.1 Å². The van der Waals surface area contributed by atoms with Crippen LogP contribution in [-0.4, -0.2) is 41.7 Å². The third-order valence-corrected chi connectivity index (χ3v) is 4.82. The molecule has 2 aromatic carbocycles. The van der Waals surface area contributed by atoms with Gasteiger partial charge in [-0.3, -0.25) is 9.69 Å². The van der Waals surface area contributed by atoms with Gasteiger partial charge in [-0.15, -0.1) is 0 Å². The highest BCUT2D eigenvalue weighted by Gasteiger charge is 2.19. The van der Waals surface area contributed by atoms with Crippen LogP contribution in [0.4, 0.5) is 0 Å². The SMILES string of the molecule is C[C@H](NC(=O)CN1CCC(O)CC1)c1ccc(-c2ccccc2)cc1. The monoisotopic (exact) mass is 338 g/mol. The third kappa shape index (κ3) is 4.91. The van der Waals surface area contributed by atoms with Gasteiger partial charge >= 0.3 is 0 Å². The molecule has 132 valence electrons. The molecule has 25 heavy (non-hydrogen) atoms. The standard InChI is InChI=1S/C21H26N2O2/c1-16(22-21(25)15-23-13-11-20(24)12-14-23)17-7-9-19(10-8-17)18-5-3-2-4-6-18/h2-10,16,20,24H,11-15H2,1H3,(H,22,25)/t16-/m0/s1. The predicted molar refractivity (Wildman–Crippen MR) is 100 cm³/mol. The van der Waals surface area contributed by atoms with Crippen LogP contribution < -0.4 is 5.32 Å². The first-order valence-electron chi connectivity index (χ1n) is 8.97. The van der Waals surface area contributed by atoms with Crippen molar-refractivity contribution in [2.75, 3.05) is 19.6 Å². The summed E-state index contributed by atoms with van der Waals surface area (Å²) in [6, 6.07) is 18.6. The molecule has 1 atom stereocenters. The average molecular weight is 338 g/mol. The molecule has 4 nitrogen and oxygen atoms in total. The molecule has 0 radical (unpaired) electrons. The molecule has 0 bridgehead atoms. The Morgan fingerprint density at radius 1 is 1.08 bits per heavy atom. The van der Waals surface area contributed by atoms with Crippen molar-refractivity contribution in [1.82, 2.24) is 10.2 Å². The minimum atomic E-state index is -0.207. The quantitative estimate of drug-likeness (QED) is 0.881. The minimum absolute atomic E-state index is 0.0206. The maximum atomic E-state index is 12.2. The number of aliphatic hydroxyl groups excluding tert-OH is 1. The topological polar surface area (TPSA) is 52.6 Å². The number of hydrogen-bond acceptors (Lipinski definition) is 3. The van der Waals surface area contributed by atoms with Crippen molar-refractivity contribution < 1.29 is 9.90 Å². The first-order chi connectivity index (χ1) is 12.1. The Labute approximate surface area is 149 Å². The number of likely N-dealkylation sites (tertiary alicyclic amines) is 1. The summed E-state index contributed by atoms with van der Waals surface area (Å²) in [5.74, 6) is 0.0380. The van der Waals surface area contributed by atoms with E-state index in [1.54, 1.807) is 0 Å². The second-order valence-corrected chi connectivity index (χ2v) is 6.78. The summed E-state index contributed by atoms with van der Waals surface area (Å²) >= 11 is 0. The lowest BCUT2D eigenvalue weighted by molar-refractivity contribution is -0.123. The zero-order chi connectivity index (χ0) is 17.6. The summed E-state index contributed by atoms with van der Waals surface area (Å²) in [5.41, 5.74) is 3.47. The molecule has 2 aromatic rings. The molecule has 0 spiro atoms. The molecular formula is C21H26N2O2. The number of nitrogens with zero attached hydrogens (tertiary/aromatic N) is 1. The van der Waals surface area contributed by atoms with Gasteiger partial charge in [-0.1, -0.05) is 54.6 Å². The zero-order valence-corrected chi connectivity index (χ0v) is 14.7. The van der Waals surface area contributed by atoms with Gasteiger partial charge in [0.2, 0.25) is 5.91 Å². The van der Waals surface area contributed by atoms with Crippen LogP contribution in [0.1, 0.15) is 31.4 Å². The number of carbonyl (C=O) groups excluding carboxylic acids is 1. The van der Waals surface area contributed by atoms with E-state index in [2.05, 4.69) is 46.6 Å². The molecule has 0 saturated carbocycles. The van der Waals surface area contributed by atoms with E-state index < -0.39 is 0 Å². The van der Waals surface area contributed by atoms with Crippen molar-refractivity contribution in [2.24, 2.45) is 0 Å². The third-order valence-electron chi connectivity index (χ3n) is 4.82. The summed E-state index contributed by atoms with van der Waals surface area (Å²) < 4.78 is 0. The highest BCUT2D eigenvalue weighted by molar-refractivity contribution is 5.78. The van der Waals surface area contributed by atoms with Crippen LogP contribution in [-0.2, 0) is 4.79 Å². The molecule has 1 amide bonds. The zero-order valence-electron chi connectivity index (χ0n) is 14.7. The van der Waals surface area contributed by atoms with Crippen molar-refractivity contribution in [2.45, 2.75) is 31.9 Å². The largest absolute Gasteiger partial charge is 0.393 e. The van der Waals surface area contributed by atoms with E-state index in [1.165, 1.54) is 11.1 Å². The second-order valence-electron chi connectivity index (χ2n) is 6.78. The van der Waals surface area contributed by atoms with Crippen LogP contribution in [0.15, 0.2) is 54.6 Å². The summed E-state index contributed by atoms with van der Waals surface area (Å²) in [6.07, 6.45) is 1.30. The predicted octanol–water partition coefficient (Wildman–Crippen LogP) is 2.99. The van der Waals surface area contributed by atoms with Gasteiger partial charge in [0.25, 0.3) is 0 Å². The van der Waals surface area contributed by atoms with Crippen molar-refractivity contribution in [1.29, 1.82) is 0 Å². The van der Waals surface area contributed by atoms with Gasteiger partial charge in [-0.2, -0.15) is 0 Å². The van der Waals surface area contributed by atoms with Gasteiger partial charge in [0.1, 0.15) is 0 Å². The Balaban J connectivity index is 1.54. The van der Waals surface area contributed by atoms with Crippen molar-refractivity contribution >= 4 is 5.91 Å². The van der Waals surface area contributed by atoms with Gasteiger partial charge in [-0.05, 0) is 36.5 Å². The van der Waals surface area contributed by atoms with Crippen LogP contribution in [0, 0.1) is 0 Å². The summed E-state index contributed by atoms with van der Waals surface area (Å²) in [5, 5.41) is 12.6. The van der Waals surface area contributed by atoms with Crippen LogP contribution in [0.5, 0.6) is 0 Å². The van der Waals surface area contributed by atoms with E-state index in [0.29, 0.717) is 6.54 Å². The summed E-state index contributed by atoms with van der Waals surface area (Å²) in [7, 11) is 0. The molecular weight excluding hydrogens is 312 g/mol. The number of hydrogen-bond donors (Lipinski definition) is 2. The molecule has 1 fully saturated rings. The van der Waals surface area contributed by atoms with Gasteiger partial charge in [0, 0.05) is 13.1 Å². The Hall–Kier alpha value is -2.17. The molecule has 1 saturated heterocycles. The van der Waals surface area contributed by atoms with Gasteiger partial charge < -0.3 is 10.4 Å². The van der Waals surface area contributed by atoms with Crippen LogP contribution in [0.3, 0.4) is 0 Å². The molecule has 1 heterocycles. The van der Waals surface area contributed by atoms with Gasteiger partial charge in [0.05, 0.1) is 18.7 Å². The molecule has 1 aliphatic rings. The maximum absolute atomic E-state index is 12.2. The Morgan fingerprint density at radius 3 is 2.32 bits per heavy atom. The lowest BCUT2D eigenvalue weighted by atomic mass is 10.0. The number of carbonyl (C=O) groups is 1. The van der Waals surface area contributed by atoms with Crippen molar-refractivity contribution in [3.63, 3.8) is 0 Å². The normalized spacial score (nSPS) is 17.2. The first kappa shape index (κ1) is 17.6. The van der Waals surface area contributed by atoms with Crippen molar-refractivity contribution in [3.8, 4) is 11.1 Å². The van der Waals surface area contributed by atoms with E-state index in [1.807, 2.05) is 25.1 Å². The summed E-state index contributed by atoms with van der Waals surface area (Å²) in [4.78, 5) is 14.4. The fourth-order valence-corrected chi connectivity index (χ4v) is 3.25. The molecule has 2 N–H and O–H groups in total. The Bertz CT molecular complexity index is 677. The lowest BCUT2D eigenvalue weighted by Gasteiger charge is -2.29. The molecule has 3 rings (SSSR count). The number of amides is 1. The highest BCUT2D eigenvalue weighted by Crippen LogP contribution is 2.21. The molecule has 0 aliphatic carbocycles. The summed E-state index contributed by atoms with van der Waals surface area (Å²) in [6.45, 7) is 3.98. The van der Waals surface area contributed by atoms with Crippen LogP contribution in [0.25, 0.3) is 11.1 Å². The number of rotatable bonds is 5. The van der Waals surface area contributed by atoms with Gasteiger partial charge in [0.15, 0.2) is 0 Å². The minimum Gasteiger partial charge on any atom is -0.393 e. The molecule has 0 unspecified atom stereocenters. The fourth-order valence-electron chi connectivity index (χ4n) is 3.25. The fraction of sp³-hybridized carbons (Fsp3) is 0.381. The lowest BCUT2D eigenvalue weighted by Crippen LogP contribution is -2.43. The maximum Gasteiger partial charge on any atom is 0.234 e. The Kier molecular flexibility index (Phi) is 5.84. The number of piperidine rings is 1. The molecule has 1 aliphatic heterocycles. The average Bonchev–Trinajstić information content (AvgIpc) is 2.64. The first-order valence-corrected chi connectivity index (χ1v) is 8.97. The number of benzene rings is 2. The van der Waals surface area contributed by atoms with Crippen LogP contribution >= 0.6 is 0 Å². The van der Waals surface area contributed by atoms with Gasteiger partial charge in [-0.25, -0.2) is 0 Å².